The monoisotopic (exact) mass is 227 g/mol. The summed E-state index contributed by atoms with van der Waals surface area (Å²) in [5.74, 6) is 0. The van der Waals surface area contributed by atoms with Crippen LogP contribution in [0.3, 0.4) is 0 Å². The summed E-state index contributed by atoms with van der Waals surface area (Å²) in [5, 5.41) is 0. The van der Waals surface area contributed by atoms with E-state index in [1.54, 1.807) is 0 Å². The fourth-order valence-corrected chi connectivity index (χ4v) is 2.66. The van der Waals surface area contributed by atoms with Crippen LogP contribution in [0.25, 0.3) is 0 Å². The first-order valence-electron chi connectivity index (χ1n) is 6.53. The van der Waals surface area contributed by atoms with Gasteiger partial charge >= 0.3 is 0 Å². The number of rotatable bonds is 4. The largest absolute Gasteiger partial charge is 0.380 e. The third-order valence-electron chi connectivity index (χ3n) is 3.91. The molecule has 16 heavy (non-hydrogen) atoms. The van der Waals surface area contributed by atoms with E-state index < -0.39 is 0 Å². The minimum atomic E-state index is 0.289. The van der Waals surface area contributed by atoms with E-state index in [0.29, 0.717) is 6.04 Å². The molecule has 2 fully saturated rings. The highest BCUT2D eigenvalue weighted by atomic mass is 16.5. The molecule has 0 aliphatic carbocycles. The van der Waals surface area contributed by atoms with Crippen molar-refractivity contribution in [3.05, 3.63) is 0 Å². The first kappa shape index (κ1) is 12.3. The molecular weight excluding hydrogens is 202 g/mol. The van der Waals surface area contributed by atoms with E-state index in [0.717, 1.165) is 26.2 Å². The summed E-state index contributed by atoms with van der Waals surface area (Å²) in [7, 11) is 2.18. The van der Waals surface area contributed by atoms with Crippen molar-refractivity contribution in [3.8, 4) is 0 Å². The van der Waals surface area contributed by atoms with Crippen molar-refractivity contribution in [2.24, 2.45) is 5.73 Å². The van der Waals surface area contributed by atoms with Crippen molar-refractivity contribution in [3.63, 3.8) is 0 Å². The first-order valence-corrected chi connectivity index (χ1v) is 6.53. The Hall–Kier alpha value is -0.160. The zero-order valence-electron chi connectivity index (χ0n) is 10.4. The summed E-state index contributed by atoms with van der Waals surface area (Å²) < 4.78 is 5.51. The number of nitrogens with zero attached hydrogens (tertiary/aromatic N) is 2. The van der Waals surface area contributed by atoms with Gasteiger partial charge in [0.25, 0.3) is 0 Å². The molecular formula is C12H25N3O. The highest BCUT2D eigenvalue weighted by molar-refractivity contribution is 4.84. The summed E-state index contributed by atoms with van der Waals surface area (Å²) in [5.41, 5.74) is 6.13. The lowest BCUT2D eigenvalue weighted by atomic mass is 10.0. The van der Waals surface area contributed by atoms with Crippen LogP contribution < -0.4 is 5.73 Å². The standard InChI is InChI=1S/C12H25N3O/c1-14(7-8-15-5-2-3-6-15)12-10-16-9-4-11(12)13/h11-12H,2-10,13H2,1H3. The Morgan fingerprint density at radius 1 is 1.38 bits per heavy atom. The third kappa shape index (κ3) is 3.17. The van der Waals surface area contributed by atoms with Crippen molar-refractivity contribution in [2.45, 2.75) is 31.3 Å². The van der Waals surface area contributed by atoms with Gasteiger partial charge in [0.15, 0.2) is 0 Å². The maximum absolute atomic E-state index is 6.13. The molecule has 2 rings (SSSR count). The summed E-state index contributed by atoms with van der Waals surface area (Å²) in [6.45, 7) is 6.48. The van der Waals surface area contributed by atoms with Crippen LogP contribution in [0.2, 0.25) is 0 Å². The van der Waals surface area contributed by atoms with Gasteiger partial charge in [0.2, 0.25) is 0 Å². The van der Waals surface area contributed by atoms with Gasteiger partial charge in [-0.25, -0.2) is 0 Å². The SMILES string of the molecule is CN(CCN1CCCC1)C1COCCC1N. The number of hydrogen-bond donors (Lipinski definition) is 1. The molecule has 0 aromatic carbocycles. The molecule has 2 heterocycles. The van der Waals surface area contributed by atoms with Crippen LogP contribution in [0.15, 0.2) is 0 Å². The third-order valence-corrected chi connectivity index (χ3v) is 3.91. The molecule has 2 atom stereocenters. The summed E-state index contributed by atoms with van der Waals surface area (Å²) >= 11 is 0. The van der Waals surface area contributed by atoms with Crippen molar-refractivity contribution < 1.29 is 4.74 Å². The molecule has 2 aliphatic rings. The second kappa shape index (κ2) is 5.96. The maximum atomic E-state index is 6.13. The molecule has 2 aliphatic heterocycles. The highest BCUT2D eigenvalue weighted by Crippen LogP contribution is 2.12. The minimum Gasteiger partial charge on any atom is -0.380 e. The smallest absolute Gasteiger partial charge is 0.0636 e. The summed E-state index contributed by atoms with van der Waals surface area (Å²) in [4.78, 5) is 4.92. The van der Waals surface area contributed by atoms with Gasteiger partial charge < -0.3 is 15.4 Å². The number of nitrogens with two attached hydrogens (primary N) is 1. The average molecular weight is 227 g/mol. The fraction of sp³-hybridized carbons (Fsp3) is 1.00. The predicted octanol–water partition coefficient (Wildman–Crippen LogP) is 0.130. The van der Waals surface area contributed by atoms with E-state index in [9.17, 15) is 0 Å². The van der Waals surface area contributed by atoms with Crippen LogP contribution in [-0.4, -0.2) is 68.3 Å². The van der Waals surface area contributed by atoms with Gasteiger partial charge in [-0.05, 0) is 39.4 Å². The van der Waals surface area contributed by atoms with Gasteiger partial charge in [-0.2, -0.15) is 0 Å². The highest BCUT2D eigenvalue weighted by Gasteiger charge is 2.26. The lowest BCUT2D eigenvalue weighted by Gasteiger charge is -2.36. The van der Waals surface area contributed by atoms with Crippen LogP contribution in [-0.2, 0) is 4.74 Å². The van der Waals surface area contributed by atoms with Crippen LogP contribution in [0, 0.1) is 0 Å². The van der Waals surface area contributed by atoms with Crippen molar-refractivity contribution in [1.29, 1.82) is 0 Å². The topological polar surface area (TPSA) is 41.7 Å². The van der Waals surface area contributed by atoms with Gasteiger partial charge in [0, 0.05) is 31.8 Å². The molecule has 0 spiro atoms. The zero-order chi connectivity index (χ0) is 11.4. The Bertz CT molecular complexity index is 206. The Labute approximate surface area is 98.7 Å². The molecule has 2 saturated heterocycles. The molecule has 0 amide bonds. The van der Waals surface area contributed by atoms with Crippen molar-refractivity contribution >= 4 is 0 Å². The van der Waals surface area contributed by atoms with Crippen LogP contribution in [0.1, 0.15) is 19.3 Å². The molecule has 2 N–H and O–H groups in total. The molecule has 4 heteroatoms. The zero-order valence-corrected chi connectivity index (χ0v) is 10.4. The first-order chi connectivity index (χ1) is 7.77. The van der Waals surface area contributed by atoms with E-state index in [1.807, 2.05) is 0 Å². The number of ether oxygens (including phenoxy) is 1. The Balaban J connectivity index is 1.71. The second-order valence-electron chi connectivity index (χ2n) is 5.12. The van der Waals surface area contributed by atoms with Gasteiger partial charge in [0.05, 0.1) is 6.61 Å². The molecule has 0 aromatic heterocycles. The van der Waals surface area contributed by atoms with Gasteiger partial charge in [0.1, 0.15) is 0 Å². The summed E-state index contributed by atoms with van der Waals surface area (Å²) in [6.07, 6.45) is 3.74. The van der Waals surface area contributed by atoms with E-state index in [-0.39, 0.29) is 6.04 Å². The normalized spacial score (nSPS) is 32.4. The fourth-order valence-electron chi connectivity index (χ4n) is 2.66. The number of likely N-dealkylation sites (tertiary alicyclic amines) is 1. The molecule has 4 nitrogen and oxygen atoms in total. The Kier molecular flexibility index (Phi) is 4.58. The molecule has 0 radical (unpaired) electrons. The van der Waals surface area contributed by atoms with Crippen LogP contribution in [0.5, 0.6) is 0 Å². The predicted molar refractivity (Wildman–Crippen MR) is 65.5 cm³/mol. The van der Waals surface area contributed by atoms with Crippen LogP contribution in [0.4, 0.5) is 0 Å². The Morgan fingerprint density at radius 3 is 2.81 bits per heavy atom. The minimum absolute atomic E-state index is 0.289. The molecule has 0 saturated carbocycles. The van der Waals surface area contributed by atoms with Gasteiger partial charge in [-0.15, -0.1) is 0 Å². The van der Waals surface area contributed by atoms with Crippen molar-refractivity contribution in [1.82, 2.24) is 9.80 Å². The number of hydrogen-bond acceptors (Lipinski definition) is 4. The lowest BCUT2D eigenvalue weighted by molar-refractivity contribution is 0.0132. The number of likely N-dealkylation sites (N-methyl/N-ethyl adjacent to an activating group) is 1. The summed E-state index contributed by atoms with van der Waals surface area (Å²) in [6, 6.07) is 0.702. The lowest BCUT2D eigenvalue weighted by Crippen LogP contribution is -2.53. The Morgan fingerprint density at radius 2 is 2.12 bits per heavy atom. The molecule has 0 aromatic rings. The van der Waals surface area contributed by atoms with Crippen molar-refractivity contribution in [2.75, 3.05) is 46.4 Å². The molecule has 94 valence electrons. The van der Waals surface area contributed by atoms with E-state index in [2.05, 4.69) is 16.8 Å². The average Bonchev–Trinajstić information content (AvgIpc) is 2.79. The van der Waals surface area contributed by atoms with E-state index in [1.165, 1.54) is 32.5 Å². The molecule has 2 unspecified atom stereocenters. The van der Waals surface area contributed by atoms with E-state index >= 15 is 0 Å². The van der Waals surface area contributed by atoms with Crippen LogP contribution >= 0.6 is 0 Å². The maximum Gasteiger partial charge on any atom is 0.0636 e. The quantitative estimate of drug-likeness (QED) is 0.741. The van der Waals surface area contributed by atoms with Gasteiger partial charge in [-0.3, -0.25) is 4.90 Å². The van der Waals surface area contributed by atoms with Gasteiger partial charge in [-0.1, -0.05) is 0 Å². The second-order valence-corrected chi connectivity index (χ2v) is 5.12. The van der Waals surface area contributed by atoms with E-state index in [4.69, 9.17) is 10.5 Å². The molecule has 0 bridgehead atoms.